The van der Waals surface area contributed by atoms with E-state index < -0.39 is 18.5 Å². The maximum atomic E-state index is 10.7. The number of hydrogen-bond donors (Lipinski definition) is 2. The molecule has 156 valence electrons. The average Bonchev–Trinajstić information content (AvgIpc) is 2.90. The SMILES string of the molecule is OCC[C@@H]1O[C@@H]2CO[C@@H](c3ccccc3)O[C@H]2[C@H](OCc2ccccc2)C[C@H]1O. The van der Waals surface area contributed by atoms with Crippen LogP contribution < -0.4 is 0 Å². The minimum Gasteiger partial charge on any atom is -0.396 e. The van der Waals surface area contributed by atoms with Gasteiger partial charge in [0.25, 0.3) is 0 Å². The minimum atomic E-state index is -0.743. The summed E-state index contributed by atoms with van der Waals surface area (Å²) in [6, 6.07) is 19.7. The van der Waals surface area contributed by atoms with Gasteiger partial charge in [0.05, 0.1) is 31.5 Å². The van der Waals surface area contributed by atoms with Gasteiger partial charge in [-0.2, -0.15) is 0 Å². The molecule has 2 fully saturated rings. The van der Waals surface area contributed by atoms with E-state index in [9.17, 15) is 10.2 Å². The standard InChI is InChI=1S/C23H28O6/c24-12-11-19-18(25)13-20(26-14-16-7-3-1-4-8-16)22-21(28-19)15-27-23(29-22)17-9-5-2-6-10-17/h1-10,18-25H,11-15H2/t18-,19+,20-,21-,22+,23-/m1/s1. The smallest absolute Gasteiger partial charge is 0.184 e. The van der Waals surface area contributed by atoms with Gasteiger partial charge in [0.15, 0.2) is 6.29 Å². The van der Waals surface area contributed by atoms with Crippen LogP contribution >= 0.6 is 0 Å². The molecule has 0 radical (unpaired) electrons. The van der Waals surface area contributed by atoms with Crippen LogP contribution in [0.15, 0.2) is 60.7 Å². The molecule has 2 aromatic carbocycles. The van der Waals surface area contributed by atoms with Gasteiger partial charge in [-0.3, -0.25) is 0 Å². The van der Waals surface area contributed by atoms with E-state index in [0.29, 0.717) is 26.1 Å². The second-order valence-electron chi connectivity index (χ2n) is 7.54. The second-order valence-corrected chi connectivity index (χ2v) is 7.54. The van der Waals surface area contributed by atoms with Crippen molar-refractivity contribution in [3.63, 3.8) is 0 Å². The van der Waals surface area contributed by atoms with Gasteiger partial charge in [0.1, 0.15) is 12.2 Å². The summed E-state index contributed by atoms with van der Waals surface area (Å²) in [6.07, 6.45) is -2.09. The van der Waals surface area contributed by atoms with Crippen molar-refractivity contribution in [3.05, 3.63) is 71.8 Å². The molecule has 6 atom stereocenters. The zero-order valence-electron chi connectivity index (χ0n) is 16.3. The summed E-state index contributed by atoms with van der Waals surface area (Å²) in [4.78, 5) is 0. The topological polar surface area (TPSA) is 77.4 Å². The van der Waals surface area contributed by atoms with Crippen molar-refractivity contribution in [1.82, 2.24) is 0 Å². The van der Waals surface area contributed by atoms with E-state index in [4.69, 9.17) is 18.9 Å². The highest BCUT2D eigenvalue weighted by Gasteiger charge is 2.45. The van der Waals surface area contributed by atoms with E-state index in [1.807, 2.05) is 60.7 Å². The van der Waals surface area contributed by atoms with Crippen LogP contribution in [0.4, 0.5) is 0 Å². The lowest BCUT2D eigenvalue weighted by Crippen LogP contribution is -2.48. The monoisotopic (exact) mass is 400 g/mol. The summed E-state index contributed by atoms with van der Waals surface area (Å²) < 4.78 is 24.5. The molecule has 4 rings (SSSR count). The normalized spacial score (nSPS) is 32.3. The van der Waals surface area contributed by atoms with Crippen LogP contribution in [-0.2, 0) is 25.6 Å². The summed E-state index contributed by atoms with van der Waals surface area (Å²) in [6.45, 7) is 0.708. The summed E-state index contributed by atoms with van der Waals surface area (Å²) in [5, 5.41) is 20.0. The van der Waals surface area contributed by atoms with Crippen molar-refractivity contribution >= 4 is 0 Å². The van der Waals surface area contributed by atoms with Crippen molar-refractivity contribution in [2.24, 2.45) is 0 Å². The molecular weight excluding hydrogens is 372 g/mol. The van der Waals surface area contributed by atoms with Crippen molar-refractivity contribution in [2.45, 2.75) is 56.3 Å². The third-order valence-corrected chi connectivity index (χ3v) is 5.47. The molecule has 2 heterocycles. The van der Waals surface area contributed by atoms with Gasteiger partial charge in [-0.1, -0.05) is 60.7 Å². The van der Waals surface area contributed by atoms with Gasteiger partial charge in [-0.25, -0.2) is 0 Å². The van der Waals surface area contributed by atoms with E-state index in [-0.39, 0.29) is 24.9 Å². The number of rotatable bonds is 6. The number of fused-ring (bicyclic) bond motifs is 1. The Bertz CT molecular complexity index is 740. The van der Waals surface area contributed by atoms with Crippen LogP contribution in [0.5, 0.6) is 0 Å². The van der Waals surface area contributed by atoms with Crippen LogP contribution in [0, 0.1) is 0 Å². The Morgan fingerprint density at radius 3 is 2.41 bits per heavy atom. The zero-order chi connectivity index (χ0) is 20.1. The van der Waals surface area contributed by atoms with E-state index in [2.05, 4.69) is 0 Å². The quantitative estimate of drug-likeness (QED) is 0.776. The molecule has 2 aliphatic heterocycles. The maximum Gasteiger partial charge on any atom is 0.184 e. The first kappa shape index (κ1) is 20.5. The van der Waals surface area contributed by atoms with Crippen molar-refractivity contribution < 1.29 is 29.2 Å². The first-order valence-corrected chi connectivity index (χ1v) is 10.2. The lowest BCUT2D eigenvalue weighted by molar-refractivity contribution is -0.288. The first-order valence-electron chi connectivity index (χ1n) is 10.2. The highest BCUT2D eigenvalue weighted by molar-refractivity contribution is 5.17. The van der Waals surface area contributed by atoms with Crippen molar-refractivity contribution in [1.29, 1.82) is 0 Å². The highest BCUT2D eigenvalue weighted by Crippen LogP contribution is 2.35. The van der Waals surface area contributed by atoms with Gasteiger partial charge in [-0.05, 0) is 12.0 Å². The third kappa shape index (κ3) is 5.04. The molecule has 0 spiro atoms. The molecule has 0 bridgehead atoms. The highest BCUT2D eigenvalue weighted by atomic mass is 16.7. The van der Waals surface area contributed by atoms with Gasteiger partial charge in [0, 0.05) is 18.6 Å². The zero-order valence-corrected chi connectivity index (χ0v) is 16.3. The summed E-state index contributed by atoms with van der Waals surface area (Å²) in [5.41, 5.74) is 1.99. The Labute approximate surface area is 171 Å². The van der Waals surface area contributed by atoms with Crippen molar-refractivity contribution in [2.75, 3.05) is 13.2 Å². The second kappa shape index (κ2) is 9.80. The molecular formula is C23H28O6. The fourth-order valence-corrected chi connectivity index (χ4v) is 3.94. The third-order valence-electron chi connectivity index (χ3n) is 5.47. The molecule has 0 amide bonds. The fourth-order valence-electron chi connectivity index (χ4n) is 3.94. The van der Waals surface area contributed by atoms with E-state index in [1.54, 1.807) is 0 Å². The van der Waals surface area contributed by atoms with E-state index >= 15 is 0 Å². The molecule has 0 aliphatic carbocycles. The lowest BCUT2D eigenvalue weighted by atomic mass is 10.00. The number of aliphatic hydroxyl groups excluding tert-OH is 2. The molecule has 29 heavy (non-hydrogen) atoms. The largest absolute Gasteiger partial charge is 0.396 e. The summed E-state index contributed by atoms with van der Waals surface area (Å²) >= 11 is 0. The molecule has 2 aromatic rings. The Hall–Kier alpha value is -1.80. The van der Waals surface area contributed by atoms with Crippen molar-refractivity contribution in [3.8, 4) is 0 Å². The number of hydrogen-bond acceptors (Lipinski definition) is 6. The maximum absolute atomic E-state index is 10.7. The Kier molecular flexibility index (Phi) is 6.92. The van der Waals surface area contributed by atoms with Crippen LogP contribution in [0.2, 0.25) is 0 Å². The predicted molar refractivity (Wildman–Crippen MR) is 106 cm³/mol. The Balaban J connectivity index is 1.52. The average molecular weight is 400 g/mol. The molecule has 2 aliphatic rings. The molecule has 2 N–H and O–H groups in total. The van der Waals surface area contributed by atoms with E-state index in [1.165, 1.54) is 0 Å². The Morgan fingerprint density at radius 1 is 0.966 bits per heavy atom. The molecule has 2 saturated heterocycles. The predicted octanol–water partition coefficient (Wildman–Crippen LogP) is 2.59. The van der Waals surface area contributed by atoms with Gasteiger partial charge < -0.3 is 29.2 Å². The Morgan fingerprint density at radius 2 is 1.69 bits per heavy atom. The van der Waals surface area contributed by atoms with Gasteiger partial charge in [-0.15, -0.1) is 0 Å². The molecule has 6 heteroatoms. The summed E-state index contributed by atoms with van der Waals surface area (Å²) in [5.74, 6) is 0. The fraction of sp³-hybridized carbons (Fsp3) is 0.478. The molecule has 0 unspecified atom stereocenters. The first-order chi connectivity index (χ1) is 14.2. The number of benzene rings is 2. The number of aliphatic hydroxyl groups is 2. The van der Waals surface area contributed by atoms with Crippen LogP contribution in [-0.4, -0.2) is 53.9 Å². The minimum absolute atomic E-state index is 0.0526. The van der Waals surface area contributed by atoms with Gasteiger partial charge in [0.2, 0.25) is 0 Å². The molecule has 0 saturated carbocycles. The van der Waals surface area contributed by atoms with E-state index in [0.717, 1.165) is 11.1 Å². The molecule has 0 aromatic heterocycles. The summed E-state index contributed by atoms with van der Waals surface area (Å²) in [7, 11) is 0. The number of ether oxygens (including phenoxy) is 4. The van der Waals surface area contributed by atoms with Gasteiger partial charge >= 0.3 is 0 Å². The molecule has 6 nitrogen and oxygen atoms in total. The van der Waals surface area contributed by atoms with Crippen LogP contribution in [0.25, 0.3) is 0 Å². The van der Waals surface area contributed by atoms with Crippen LogP contribution in [0.3, 0.4) is 0 Å². The van der Waals surface area contributed by atoms with Crippen LogP contribution in [0.1, 0.15) is 30.3 Å². The lowest BCUT2D eigenvalue weighted by Gasteiger charge is -2.39.